The van der Waals surface area contributed by atoms with Crippen molar-refractivity contribution in [3.05, 3.63) is 51.2 Å². The van der Waals surface area contributed by atoms with Gasteiger partial charge in [-0.05, 0) is 13.0 Å². The number of aliphatic carboxylic acids is 1. The van der Waals surface area contributed by atoms with Crippen molar-refractivity contribution in [1.82, 2.24) is 10.3 Å². The molecule has 2 rings (SSSR count). The summed E-state index contributed by atoms with van der Waals surface area (Å²) in [4.78, 5) is 28.5. The second-order valence-electron chi connectivity index (χ2n) is 5.39. The topological polar surface area (TPSA) is 79.3 Å². The van der Waals surface area contributed by atoms with Crippen LogP contribution in [0, 0.1) is 12.7 Å². The summed E-state index contributed by atoms with van der Waals surface area (Å²) in [5, 5.41) is 12.5. The molecule has 2 aromatic rings. The van der Waals surface area contributed by atoms with Gasteiger partial charge in [0.15, 0.2) is 6.04 Å². The highest BCUT2D eigenvalue weighted by atomic mass is 32.1. The minimum atomic E-state index is -1.45. The average molecular weight is 336 g/mol. The number of halogens is 1. The van der Waals surface area contributed by atoms with Gasteiger partial charge < -0.3 is 10.4 Å². The summed E-state index contributed by atoms with van der Waals surface area (Å²) in [5.41, 5.74) is 0.452. The van der Waals surface area contributed by atoms with Gasteiger partial charge in [-0.2, -0.15) is 0 Å². The summed E-state index contributed by atoms with van der Waals surface area (Å²) in [6, 6.07) is 4.03. The zero-order valence-corrected chi connectivity index (χ0v) is 13.8. The van der Waals surface area contributed by atoms with E-state index in [1.54, 1.807) is 6.92 Å². The number of benzene rings is 1. The Morgan fingerprint density at radius 3 is 2.48 bits per heavy atom. The first kappa shape index (κ1) is 17.1. The summed E-state index contributed by atoms with van der Waals surface area (Å²) in [7, 11) is 0. The second-order valence-corrected chi connectivity index (χ2v) is 6.42. The van der Waals surface area contributed by atoms with Gasteiger partial charge >= 0.3 is 5.97 Å². The van der Waals surface area contributed by atoms with Gasteiger partial charge in [-0.3, -0.25) is 4.79 Å². The molecule has 1 aromatic carbocycles. The first-order chi connectivity index (χ1) is 10.8. The van der Waals surface area contributed by atoms with E-state index in [1.807, 2.05) is 13.8 Å². The van der Waals surface area contributed by atoms with E-state index in [0.717, 1.165) is 11.1 Å². The molecule has 0 aliphatic heterocycles. The molecule has 2 N–H and O–H groups in total. The Hall–Kier alpha value is -2.28. The lowest BCUT2D eigenvalue weighted by molar-refractivity contribution is -0.139. The third-order valence-electron chi connectivity index (χ3n) is 3.25. The Morgan fingerprint density at radius 2 is 1.96 bits per heavy atom. The van der Waals surface area contributed by atoms with Crippen LogP contribution in [0.2, 0.25) is 0 Å². The Labute approximate surface area is 137 Å². The summed E-state index contributed by atoms with van der Waals surface area (Å²) in [6.07, 6.45) is 0. The van der Waals surface area contributed by atoms with E-state index in [2.05, 4.69) is 10.3 Å². The molecule has 1 amide bonds. The van der Waals surface area contributed by atoms with Crippen LogP contribution in [-0.2, 0) is 4.79 Å². The van der Waals surface area contributed by atoms with Gasteiger partial charge in [0, 0.05) is 11.5 Å². The van der Waals surface area contributed by atoms with E-state index in [-0.39, 0.29) is 11.5 Å². The molecule has 23 heavy (non-hydrogen) atoms. The third kappa shape index (κ3) is 3.73. The molecule has 0 aliphatic rings. The lowest BCUT2D eigenvalue weighted by Crippen LogP contribution is -2.34. The van der Waals surface area contributed by atoms with Crippen molar-refractivity contribution in [3.8, 4) is 0 Å². The van der Waals surface area contributed by atoms with Crippen LogP contribution in [0.15, 0.2) is 24.3 Å². The van der Waals surface area contributed by atoms with Crippen LogP contribution in [0.3, 0.4) is 0 Å². The smallest absolute Gasteiger partial charge is 0.331 e. The van der Waals surface area contributed by atoms with E-state index in [4.69, 9.17) is 0 Å². The van der Waals surface area contributed by atoms with Crippen LogP contribution in [-0.4, -0.2) is 22.0 Å². The van der Waals surface area contributed by atoms with Gasteiger partial charge in [0.05, 0.1) is 10.7 Å². The number of hydrogen-bond donors (Lipinski definition) is 2. The molecule has 1 atom stereocenters. The first-order valence-electron chi connectivity index (χ1n) is 7.06. The number of hydrogen-bond acceptors (Lipinski definition) is 4. The van der Waals surface area contributed by atoms with Crippen LogP contribution in [0.5, 0.6) is 0 Å². The van der Waals surface area contributed by atoms with E-state index in [0.29, 0.717) is 10.6 Å². The minimum absolute atomic E-state index is 0.0837. The number of carboxylic acid groups (broad SMARTS) is 1. The van der Waals surface area contributed by atoms with Gasteiger partial charge in [0.25, 0.3) is 5.91 Å². The maximum atomic E-state index is 13.8. The van der Waals surface area contributed by atoms with Crippen molar-refractivity contribution >= 4 is 23.2 Å². The number of rotatable bonds is 5. The summed E-state index contributed by atoms with van der Waals surface area (Å²) in [5.74, 6) is -2.40. The maximum Gasteiger partial charge on any atom is 0.331 e. The molecular formula is C16H17FN2O3S. The van der Waals surface area contributed by atoms with Crippen molar-refractivity contribution in [2.24, 2.45) is 0 Å². The fourth-order valence-electron chi connectivity index (χ4n) is 2.05. The first-order valence-corrected chi connectivity index (χ1v) is 7.88. The number of carbonyl (C=O) groups excluding carboxylic acids is 1. The number of carbonyl (C=O) groups is 2. The van der Waals surface area contributed by atoms with Crippen molar-refractivity contribution in [2.45, 2.75) is 32.7 Å². The zero-order valence-electron chi connectivity index (χ0n) is 13.0. The van der Waals surface area contributed by atoms with Gasteiger partial charge in [-0.15, -0.1) is 11.3 Å². The van der Waals surface area contributed by atoms with Gasteiger partial charge in [-0.1, -0.05) is 32.0 Å². The lowest BCUT2D eigenvalue weighted by Gasteiger charge is -2.15. The lowest BCUT2D eigenvalue weighted by atomic mass is 10.1. The molecule has 7 heteroatoms. The predicted molar refractivity (Wildman–Crippen MR) is 85.2 cm³/mol. The van der Waals surface area contributed by atoms with Crippen LogP contribution in [0.25, 0.3) is 0 Å². The highest BCUT2D eigenvalue weighted by Gasteiger charge is 2.27. The molecule has 0 aliphatic carbocycles. The molecule has 1 heterocycles. The van der Waals surface area contributed by atoms with Gasteiger partial charge in [-0.25, -0.2) is 14.2 Å². The number of thiazole rings is 1. The number of nitrogens with one attached hydrogen (secondary N) is 1. The summed E-state index contributed by atoms with van der Waals surface area (Å²) < 4.78 is 13.8. The number of aromatic nitrogens is 1. The maximum absolute atomic E-state index is 13.8. The molecule has 0 radical (unpaired) electrons. The fourth-order valence-corrected chi connectivity index (χ4v) is 3.03. The molecule has 1 aromatic heterocycles. The highest BCUT2D eigenvalue weighted by molar-refractivity contribution is 7.13. The van der Waals surface area contributed by atoms with E-state index < -0.39 is 23.7 Å². The van der Waals surface area contributed by atoms with Crippen molar-refractivity contribution in [1.29, 1.82) is 0 Å². The van der Waals surface area contributed by atoms with E-state index in [1.165, 1.54) is 29.5 Å². The quantitative estimate of drug-likeness (QED) is 0.878. The van der Waals surface area contributed by atoms with Crippen molar-refractivity contribution in [3.63, 3.8) is 0 Å². The second kappa shape index (κ2) is 6.87. The van der Waals surface area contributed by atoms with Crippen molar-refractivity contribution < 1.29 is 19.1 Å². The molecular weight excluding hydrogens is 319 g/mol. The van der Waals surface area contributed by atoms with Gasteiger partial charge in [0.1, 0.15) is 10.7 Å². The molecule has 0 saturated carbocycles. The molecule has 1 unspecified atom stereocenters. The average Bonchev–Trinajstić information content (AvgIpc) is 2.87. The minimum Gasteiger partial charge on any atom is -0.479 e. The zero-order chi connectivity index (χ0) is 17.1. The van der Waals surface area contributed by atoms with E-state index in [9.17, 15) is 19.1 Å². The SMILES string of the molecule is Cc1nc(C(C)C)sc1C(=O)NC(C(=O)O)c1ccccc1F. The Balaban J connectivity index is 2.29. The Bertz CT molecular complexity index is 743. The Morgan fingerprint density at radius 1 is 1.30 bits per heavy atom. The number of amides is 1. The number of carboxylic acids is 1. The standard InChI is InChI=1S/C16H17FN2O3S/c1-8(2)15-18-9(3)13(23-15)14(20)19-12(16(21)22)10-6-4-5-7-11(10)17/h4-8,12H,1-3H3,(H,19,20)(H,21,22). The monoisotopic (exact) mass is 336 g/mol. The van der Waals surface area contributed by atoms with Gasteiger partial charge in [0.2, 0.25) is 0 Å². The van der Waals surface area contributed by atoms with Crippen molar-refractivity contribution in [2.75, 3.05) is 0 Å². The molecule has 5 nitrogen and oxygen atoms in total. The van der Waals surface area contributed by atoms with Crippen LogP contribution in [0.1, 0.15) is 51.7 Å². The molecule has 0 spiro atoms. The fraction of sp³-hybridized carbons (Fsp3) is 0.312. The van der Waals surface area contributed by atoms with Crippen LogP contribution < -0.4 is 5.32 Å². The summed E-state index contributed by atoms with van der Waals surface area (Å²) in [6.45, 7) is 5.61. The molecule has 122 valence electrons. The molecule has 0 fully saturated rings. The number of aryl methyl sites for hydroxylation is 1. The van der Waals surface area contributed by atoms with Crippen LogP contribution >= 0.6 is 11.3 Å². The van der Waals surface area contributed by atoms with E-state index >= 15 is 0 Å². The molecule has 0 saturated heterocycles. The highest BCUT2D eigenvalue weighted by Crippen LogP contribution is 2.25. The predicted octanol–water partition coefficient (Wildman–Crippen LogP) is 3.27. The summed E-state index contributed by atoms with van der Waals surface area (Å²) >= 11 is 1.22. The largest absolute Gasteiger partial charge is 0.479 e. The normalized spacial score (nSPS) is 12.2. The number of nitrogens with zero attached hydrogens (tertiary/aromatic N) is 1. The molecule has 0 bridgehead atoms. The third-order valence-corrected chi connectivity index (χ3v) is 4.71. The van der Waals surface area contributed by atoms with Crippen LogP contribution in [0.4, 0.5) is 4.39 Å². The Kier molecular flexibility index (Phi) is 5.10.